The van der Waals surface area contributed by atoms with Gasteiger partial charge < -0.3 is 0 Å². The molecule has 0 nitrogen and oxygen atoms in total. The van der Waals surface area contributed by atoms with Crippen LogP contribution in [0.2, 0.25) is 0 Å². The second-order valence-corrected chi connectivity index (χ2v) is 7.35. The molecule has 0 atom stereocenters. The maximum absolute atomic E-state index is 3.71. The highest BCUT2D eigenvalue weighted by Gasteiger charge is 2.19. The third kappa shape index (κ3) is 3.70. The van der Waals surface area contributed by atoms with E-state index < -0.39 is 0 Å². The van der Waals surface area contributed by atoms with Crippen LogP contribution < -0.4 is 0 Å². The first-order valence-electron chi connectivity index (χ1n) is 10.0. The van der Waals surface area contributed by atoms with Crippen LogP contribution in [0.25, 0.3) is 35.4 Å². The Morgan fingerprint density at radius 2 is 1.21 bits per heavy atom. The van der Waals surface area contributed by atoms with Crippen LogP contribution in [0.4, 0.5) is 0 Å². The second-order valence-electron chi connectivity index (χ2n) is 7.35. The molecule has 5 rings (SSSR count). The van der Waals surface area contributed by atoms with Gasteiger partial charge in [-0.15, -0.1) is 0 Å². The maximum atomic E-state index is 3.71. The van der Waals surface area contributed by atoms with Gasteiger partial charge in [0.1, 0.15) is 0 Å². The van der Waals surface area contributed by atoms with Gasteiger partial charge in [-0.2, -0.15) is 0 Å². The van der Waals surface area contributed by atoms with Crippen LogP contribution >= 0.6 is 0 Å². The van der Waals surface area contributed by atoms with Crippen molar-refractivity contribution in [1.29, 1.82) is 0 Å². The highest BCUT2D eigenvalue weighted by atomic mass is 14.2. The summed E-state index contributed by atoms with van der Waals surface area (Å²) in [6.07, 6.45) is 9.69. The minimum absolute atomic E-state index is 0.959. The molecule has 0 saturated carbocycles. The fourth-order valence-electron chi connectivity index (χ4n) is 3.90. The molecule has 1 aliphatic carbocycles. The summed E-state index contributed by atoms with van der Waals surface area (Å²) >= 11 is 0. The normalized spacial score (nSPS) is 12.4. The third-order valence-corrected chi connectivity index (χ3v) is 5.39. The molecule has 0 spiro atoms. The molecule has 0 heterocycles. The topological polar surface area (TPSA) is 0 Å². The van der Waals surface area contributed by atoms with Crippen LogP contribution in [0.15, 0.2) is 91.0 Å². The molecule has 29 heavy (non-hydrogen) atoms. The zero-order valence-corrected chi connectivity index (χ0v) is 16.2. The fraction of sp³-hybridized carbons (Fsp3) is 0.0345. The van der Waals surface area contributed by atoms with Gasteiger partial charge in [0.15, 0.2) is 0 Å². The SMILES string of the molecule is [c]1c(/C=C/c2ccccc2)c(/C=C/c2ccccc2)cc2c1Cc1ccccc1-2. The van der Waals surface area contributed by atoms with E-state index >= 15 is 0 Å². The number of fused-ring (bicyclic) bond motifs is 3. The van der Waals surface area contributed by atoms with Crippen molar-refractivity contribution in [3.8, 4) is 11.1 Å². The first kappa shape index (κ1) is 17.5. The van der Waals surface area contributed by atoms with Gasteiger partial charge in [0.2, 0.25) is 0 Å². The fourth-order valence-corrected chi connectivity index (χ4v) is 3.90. The van der Waals surface area contributed by atoms with E-state index in [0.29, 0.717) is 0 Å². The Bertz CT molecular complexity index is 1200. The molecular formula is C29H21. The lowest BCUT2D eigenvalue weighted by atomic mass is 9.96. The first-order chi connectivity index (χ1) is 14.4. The second kappa shape index (κ2) is 7.77. The summed E-state index contributed by atoms with van der Waals surface area (Å²) in [5, 5.41) is 0. The summed E-state index contributed by atoms with van der Waals surface area (Å²) in [5.41, 5.74) is 10.0. The lowest BCUT2D eigenvalue weighted by Gasteiger charge is -2.07. The molecule has 0 saturated heterocycles. The Hall–Kier alpha value is -3.64. The van der Waals surface area contributed by atoms with E-state index in [2.05, 4.69) is 109 Å². The summed E-state index contributed by atoms with van der Waals surface area (Å²) in [6.45, 7) is 0. The summed E-state index contributed by atoms with van der Waals surface area (Å²) < 4.78 is 0. The largest absolute Gasteiger partial charge is 0.0622 e. The van der Waals surface area contributed by atoms with E-state index in [1.54, 1.807) is 0 Å². The maximum Gasteiger partial charge on any atom is -0.000705 e. The number of hydrogen-bond acceptors (Lipinski definition) is 0. The van der Waals surface area contributed by atoms with Crippen molar-refractivity contribution >= 4 is 24.3 Å². The van der Waals surface area contributed by atoms with E-state index in [-0.39, 0.29) is 0 Å². The van der Waals surface area contributed by atoms with Crippen molar-refractivity contribution in [3.05, 3.63) is 130 Å². The van der Waals surface area contributed by atoms with E-state index in [4.69, 9.17) is 0 Å². The molecule has 0 unspecified atom stereocenters. The van der Waals surface area contributed by atoms with Crippen molar-refractivity contribution in [2.24, 2.45) is 0 Å². The zero-order valence-electron chi connectivity index (χ0n) is 16.2. The van der Waals surface area contributed by atoms with E-state index in [9.17, 15) is 0 Å². The lowest BCUT2D eigenvalue weighted by molar-refractivity contribution is 1.25. The van der Waals surface area contributed by atoms with E-state index in [1.165, 1.54) is 38.9 Å². The predicted octanol–water partition coefficient (Wildman–Crippen LogP) is 7.40. The van der Waals surface area contributed by atoms with Crippen molar-refractivity contribution in [2.75, 3.05) is 0 Å². The Kier molecular flexibility index (Phi) is 4.68. The standard InChI is InChI=1S/C29H21/c1-3-9-22(10-4-1)15-17-24-19-27-20-26-13-7-8-14-28(26)29(27)21-25(24)18-16-23-11-5-2-6-12-23/h1-18,21H,20H2/b17-15+,18-16+. The highest BCUT2D eigenvalue weighted by molar-refractivity contribution is 5.85. The van der Waals surface area contributed by atoms with Crippen molar-refractivity contribution in [3.63, 3.8) is 0 Å². The van der Waals surface area contributed by atoms with Crippen LogP contribution in [-0.4, -0.2) is 0 Å². The number of benzene rings is 4. The number of rotatable bonds is 4. The quantitative estimate of drug-likeness (QED) is 0.290. The molecule has 0 aromatic heterocycles. The first-order valence-corrected chi connectivity index (χ1v) is 10.0. The Morgan fingerprint density at radius 1 is 0.586 bits per heavy atom. The molecule has 0 N–H and O–H groups in total. The van der Waals surface area contributed by atoms with Crippen molar-refractivity contribution in [1.82, 2.24) is 0 Å². The Labute approximate surface area is 172 Å². The lowest BCUT2D eigenvalue weighted by Crippen LogP contribution is -1.88. The zero-order chi connectivity index (χ0) is 19.5. The van der Waals surface area contributed by atoms with Gasteiger partial charge >= 0.3 is 0 Å². The predicted molar refractivity (Wildman–Crippen MR) is 124 cm³/mol. The van der Waals surface area contributed by atoms with Crippen molar-refractivity contribution in [2.45, 2.75) is 6.42 Å². The summed E-state index contributed by atoms with van der Waals surface area (Å²) in [7, 11) is 0. The average molecular weight is 369 g/mol. The van der Waals surface area contributed by atoms with Gasteiger partial charge in [0, 0.05) is 0 Å². The Balaban J connectivity index is 1.58. The van der Waals surface area contributed by atoms with Crippen LogP contribution in [0.5, 0.6) is 0 Å². The molecule has 0 bridgehead atoms. The molecule has 1 aliphatic rings. The smallest absolute Gasteiger partial charge is 0.000705 e. The summed E-state index contributed by atoms with van der Waals surface area (Å²) in [5.74, 6) is 0. The monoisotopic (exact) mass is 369 g/mol. The summed E-state index contributed by atoms with van der Waals surface area (Å²) in [6, 6.07) is 35.6. The van der Waals surface area contributed by atoms with Gasteiger partial charge in [-0.1, -0.05) is 109 Å². The molecule has 1 radical (unpaired) electrons. The average Bonchev–Trinajstić information content (AvgIpc) is 3.14. The van der Waals surface area contributed by atoms with Gasteiger partial charge in [-0.25, -0.2) is 0 Å². The molecule has 4 aromatic rings. The van der Waals surface area contributed by atoms with E-state index in [1.807, 2.05) is 12.1 Å². The van der Waals surface area contributed by atoms with Crippen LogP contribution in [-0.2, 0) is 6.42 Å². The minimum Gasteiger partial charge on any atom is -0.0622 e. The van der Waals surface area contributed by atoms with Crippen molar-refractivity contribution < 1.29 is 0 Å². The molecule has 0 heteroatoms. The molecular weight excluding hydrogens is 348 g/mol. The van der Waals surface area contributed by atoms with Crippen LogP contribution in [0.3, 0.4) is 0 Å². The highest BCUT2D eigenvalue weighted by Crippen LogP contribution is 2.38. The molecule has 0 aliphatic heterocycles. The molecule has 4 aromatic carbocycles. The third-order valence-electron chi connectivity index (χ3n) is 5.39. The van der Waals surface area contributed by atoms with E-state index in [0.717, 1.165) is 12.0 Å². The molecule has 137 valence electrons. The van der Waals surface area contributed by atoms with Crippen LogP contribution in [0.1, 0.15) is 33.4 Å². The van der Waals surface area contributed by atoms with Gasteiger partial charge in [-0.05, 0) is 63.1 Å². The number of hydrogen-bond donors (Lipinski definition) is 0. The summed E-state index contributed by atoms with van der Waals surface area (Å²) in [4.78, 5) is 0. The van der Waals surface area contributed by atoms with Gasteiger partial charge in [-0.3, -0.25) is 0 Å². The molecule has 0 fully saturated rings. The minimum atomic E-state index is 0.959. The van der Waals surface area contributed by atoms with Crippen LogP contribution in [0, 0.1) is 6.07 Å². The van der Waals surface area contributed by atoms with Gasteiger partial charge in [0.05, 0.1) is 0 Å². The molecule has 0 amide bonds. The Morgan fingerprint density at radius 3 is 1.93 bits per heavy atom. The van der Waals surface area contributed by atoms with Gasteiger partial charge in [0.25, 0.3) is 0 Å².